The molecule has 0 amide bonds. The number of hydrogen-bond donors (Lipinski definition) is 2. The molecule has 1 saturated carbocycles. The molecule has 3 N–H and O–H groups in total. The highest BCUT2D eigenvalue weighted by atomic mass is 35.5. The van der Waals surface area contributed by atoms with Crippen molar-refractivity contribution < 1.29 is 8.42 Å². The van der Waals surface area contributed by atoms with Gasteiger partial charge in [-0.2, -0.15) is 8.75 Å². The minimum absolute atomic E-state index is 0. The summed E-state index contributed by atoms with van der Waals surface area (Å²) in [6, 6.07) is 5.18. The van der Waals surface area contributed by atoms with Crippen LogP contribution in [0.5, 0.6) is 0 Å². The zero-order valence-electron chi connectivity index (χ0n) is 11.2. The molecule has 1 aliphatic rings. The van der Waals surface area contributed by atoms with Gasteiger partial charge in [0, 0.05) is 12.1 Å². The van der Waals surface area contributed by atoms with Crippen LogP contribution in [0.3, 0.4) is 0 Å². The second-order valence-corrected chi connectivity index (χ2v) is 7.33. The van der Waals surface area contributed by atoms with Gasteiger partial charge in [0.15, 0.2) is 0 Å². The van der Waals surface area contributed by atoms with Crippen LogP contribution in [-0.4, -0.2) is 29.2 Å². The van der Waals surface area contributed by atoms with E-state index in [1.165, 1.54) is 0 Å². The number of aromatic nitrogens is 2. The van der Waals surface area contributed by atoms with E-state index in [4.69, 9.17) is 5.73 Å². The first-order valence-electron chi connectivity index (χ1n) is 6.55. The van der Waals surface area contributed by atoms with Gasteiger partial charge in [0.2, 0.25) is 10.0 Å². The number of benzene rings is 1. The summed E-state index contributed by atoms with van der Waals surface area (Å²) in [4.78, 5) is 0.207. The Morgan fingerprint density at radius 2 is 1.90 bits per heavy atom. The number of hydrogen-bond acceptors (Lipinski definition) is 6. The molecule has 1 aromatic carbocycles. The van der Waals surface area contributed by atoms with E-state index < -0.39 is 10.0 Å². The number of nitrogens with two attached hydrogens (primary N) is 1. The van der Waals surface area contributed by atoms with Gasteiger partial charge in [-0.3, -0.25) is 0 Å². The van der Waals surface area contributed by atoms with E-state index in [-0.39, 0.29) is 29.4 Å². The number of nitrogens with zero attached hydrogens (tertiary/aromatic N) is 2. The molecule has 3 rings (SSSR count). The van der Waals surface area contributed by atoms with Crippen LogP contribution in [0.2, 0.25) is 0 Å². The number of halogens is 1. The summed E-state index contributed by atoms with van der Waals surface area (Å²) in [6.45, 7) is 0. The van der Waals surface area contributed by atoms with E-state index in [9.17, 15) is 8.42 Å². The van der Waals surface area contributed by atoms with Gasteiger partial charge in [-0.15, -0.1) is 12.4 Å². The summed E-state index contributed by atoms with van der Waals surface area (Å²) < 4.78 is 35.9. The van der Waals surface area contributed by atoms with Crippen LogP contribution in [0.15, 0.2) is 23.1 Å². The van der Waals surface area contributed by atoms with Crippen molar-refractivity contribution in [2.45, 2.75) is 42.7 Å². The van der Waals surface area contributed by atoms with Crippen molar-refractivity contribution in [2.24, 2.45) is 5.73 Å². The van der Waals surface area contributed by atoms with Gasteiger partial charge in [0.1, 0.15) is 15.9 Å². The largest absolute Gasteiger partial charge is 0.328 e. The third kappa shape index (κ3) is 3.51. The molecule has 116 valence electrons. The number of fused-ring (bicyclic) bond motifs is 1. The predicted octanol–water partition coefficient (Wildman–Crippen LogP) is 1.66. The third-order valence-electron chi connectivity index (χ3n) is 3.63. The first kappa shape index (κ1) is 16.6. The molecule has 9 heteroatoms. The standard InChI is InChI=1S/C12H16N4O2S2.ClH/c13-8-4-6-9(7-5-8)16-20(17,18)11-3-1-2-10-12(11)15-19-14-10;/h1-3,8-9,16H,4-7,13H2;1H. The molecule has 1 aliphatic carbocycles. The molecule has 1 aromatic heterocycles. The Morgan fingerprint density at radius 3 is 2.62 bits per heavy atom. The maximum Gasteiger partial charge on any atom is 0.243 e. The minimum atomic E-state index is -3.56. The van der Waals surface area contributed by atoms with E-state index in [2.05, 4.69) is 13.5 Å². The summed E-state index contributed by atoms with van der Waals surface area (Å²) in [6.07, 6.45) is 3.28. The second kappa shape index (κ2) is 6.53. The van der Waals surface area contributed by atoms with Crippen molar-refractivity contribution >= 4 is 45.2 Å². The smallest absolute Gasteiger partial charge is 0.243 e. The van der Waals surface area contributed by atoms with E-state index in [0.717, 1.165) is 37.4 Å². The van der Waals surface area contributed by atoms with E-state index in [0.29, 0.717) is 11.0 Å². The van der Waals surface area contributed by atoms with Gasteiger partial charge in [-0.25, -0.2) is 13.1 Å². The Bertz CT molecular complexity index is 711. The number of sulfonamides is 1. The average Bonchev–Trinajstić information content (AvgIpc) is 2.89. The molecule has 2 aromatic rings. The Kier molecular flexibility index (Phi) is 5.15. The number of nitrogens with one attached hydrogen (secondary N) is 1. The van der Waals surface area contributed by atoms with Gasteiger partial charge < -0.3 is 5.73 Å². The average molecular weight is 349 g/mol. The summed E-state index contributed by atoms with van der Waals surface area (Å²) in [5.74, 6) is 0. The lowest BCUT2D eigenvalue weighted by Gasteiger charge is -2.26. The van der Waals surface area contributed by atoms with Crippen LogP contribution in [0.25, 0.3) is 11.0 Å². The van der Waals surface area contributed by atoms with Gasteiger partial charge in [0.25, 0.3) is 0 Å². The van der Waals surface area contributed by atoms with Crippen molar-refractivity contribution in [3.63, 3.8) is 0 Å². The molecule has 0 radical (unpaired) electrons. The molecule has 1 fully saturated rings. The maximum atomic E-state index is 12.5. The van der Waals surface area contributed by atoms with Crippen LogP contribution in [-0.2, 0) is 10.0 Å². The topological polar surface area (TPSA) is 98.0 Å². The number of rotatable bonds is 3. The summed E-state index contributed by atoms with van der Waals surface area (Å²) in [5, 5.41) is 0. The third-order valence-corrected chi connectivity index (χ3v) is 5.73. The molecule has 6 nitrogen and oxygen atoms in total. The molecule has 0 aliphatic heterocycles. The van der Waals surface area contributed by atoms with Crippen molar-refractivity contribution in [3.8, 4) is 0 Å². The summed E-state index contributed by atoms with van der Waals surface area (Å²) in [7, 11) is -3.56. The van der Waals surface area contributed by atoms with Crippen LogP contribution >= 0.6 is 24.1 Å². The van der Waals surface area contributed by atoms with Gasteiger partial charge in [-0.1, -0.05) is 6.07 Å². The first-order chi connectivity index (χ1) is 9.56. The van der Waals surface area contributed by atoms with Crippen LogP contribution in [0.4, 0.5) is 0 Å². The second-order valence-electron chi connectivity index (χ2n) is 5.12. The van der Waals surface area contributed by atoms with Crippen LogP contribution in [0, 0.1) is 0 Å². The van der Waals surface area contributed by atoms with Gasteiger partial charge >= 0.3 is 0 Å². The predicted molar refractivity (Wildman–Crippen MR) is 85.2 cm³/mol. The lowest BCUT2D eigenvalue weighted by Crippen LogP contribution is -2.40. The van der Waals surface area contributed by atoms with Crippen molar-refractivity contribution in [1.82, 2.24) is 13.5 Å². The highest BCUT2D eigenvalue weighted by Crippen LogP contribution is 2.23. The van der Waals surface area contributed by atoms with Crippen LogP contribution < -0.4 is 10.5 Å². The fourth-order valence-corrected chi connectivity index (χ4v) is 4.59. The highest BCUT2D eigenvalue weighted by molar-refractivity contribution is 7.89. The molecule has 0 bridgehead atoms. The normalized spacial score (nSPS) is 22.9. The van der Waals surface area contributed by atoms with Crippen LogP contribution in [0.1, 0.15) is 25.7 Å². The van der Waals surface area contributed by atoms with Crippen molar-refractivity contribution in [2.75, 3.05) is 0 Å². The van der Waals surface area contributed by atoms with Crippen molar-refractivity contribution in [1.29, 1.82) is 0 Å². The molecule has 0 unspecified atom stereocenters. The minimum Gasteiger partial charge on any atom is -0.328 e. The quantitative estimate of drug-likeness (QED) is 0.879. The first-order valence-corrected chi connectivity index (χ1v) is 8.77. The SMILES string of the molecule is Cl.NC1CCC(NS(=O)(=O)c2cccc3nsnc23)CC1. The Hall–Kier alpha value is -0.800. The fraction of sp³-hybridized carbons (Fsp3) is 0.500. The monoisotopic (exact) mass is 348 g/mol. The maximum absolute atomic E-state index is 12.5. The summed E-state index contributed by atoms with van der Waals surface area (Å²) in [5.41, 5.74) is 6.89. The zero-order chi connectivity index (χ0) is 14.2. The summed E-state index contributed by atoms with van der Waals surface area (Å²) >= 11 is 1.02. The Balaban J connectivity index is 0.00000161. The fourth-order valence-electron chi connectivity index (χ4n) is 2.52. The van der Waals surface area contributed by atoms with Crippen molar-refractivity contribution in [3.05, 3.63) is 18.2 Å². The van der Waals surface area contributed by atoms with E-state index in [1.807, 2.05) is 0 Å². The molecule has 0 spiro atoms. The van der Waals surface area contributed by atoms with E-state index >= 15 is 0 Å². The van der Waals surface area contributed by atoms with Gasteiger partial charge in [0.05, 0.1) is 11.7 Å². The molecule has 0 atom stereocenters. The molecule has 21 heavy (non-hydrogen) atoms. The lowest BCUT2D eigenvalue weighted by molar-refractivity contribution is 0.373. The Morgan fingerprint density at radius 1 is 1.19 bits per heavy atom. The Labute approximate surface area is 133 Å². The molecule has 1 heterocycles. The molecular formula is C12H17ClN4O2S2. The highest BCUT2D eigenvalue weighted by Gasteiger charge is 2.26. The molecular weight excluding hydrogens is 332 g/mol. The lowest BCUT2D eigenvalue weighted by atomic mass is 9.93. The van der Waals surface area contributed by atoms with Gasteiger partial charge in [-0.05, 0) is 37.8 Å². The zero-order valence-corrected chi connectivity index (χ0v) is 13.7. The van der Waals surface area contributed by atoms with E-state index in [1.54, 1.807) is 18.2 Å². The molecule has 0 saturated heterocycles.